The van der Waals surface area contributed by atoms with E-state index in [9.17, 15) is 4.79 Å². The van der Waals surface area contributed by atoms with Crippen LogP contribution in [0.4, 0.5) is 0 Å². The molecule has 1 saturated heterocycles. The van der Waals surface area contributed by atoms with Gasteiger partial charge >= 0.3 is 7.12 Å². The highest BCUT2D eigenvalue weighted by Crippen LogP contribution is 2.36. The number of carbonyl (C=O) groups is 1. The van der Waals surface area contributed by atoms with Crippen molar-refractivity contribution in [2.45, 2.75) is 45.4 Å². The minimum absolute atomic E-state index is 0.149. The summed E-state index contributed by atoms with van der Waals surface area (Å²) in [6.45, 7) is 8.42. The van der Waals surface area contributed by atoms with Crippen molar-refractivity contribution in [3.63, 3.8) is 0 Å². The van der Waals surface area contributed by atoms with Crippen LogP contribution in [0.15, 0.2) is 36.4 Å². The van der Waals surface area contributed by atoms with Gasteiger partial charge in [0.05, 0.1) is 39.5 Å². The minimum Gasteiger partial charge on any atom is -0.399 e. The van der Waals surface area contributed by atoms with Gasteiger partial charge in [-0.05, 0) is 51.4 Å². The maximum absolute atomic E-state index is 13.5. The molecule has 0 bridgehead atoms. The van der Waals surface area contributed by atoms with Gasteiger partial charge in [0.1, 0.15) is 5.69 Å². The fourth-order valence-electron chi connectivity index (χ4n) is 4.54. The lowest BCUT2D eigenvalue weighted by Gasteiger charge is -2.32. The molecule has 1 amide bonds. The van der Waals surface area contributed by atoms with E-state index in [0.717, 1.165) is 27.4 Å². The van der Waals surface area contributed by atoms with E-state index in [0.29, 0.717) is 22.8 Å². The summed E-state index contributed by atoms with van der Waals surface area (Å²) in [6, 6.07) is 11.5. The highest BCUT2D eigenvalue weighted by atomic mass is 35.5. The van der Waals surface area contributed by atoms with Gasteiger partial charge in [-0.2, -0.15) is 10.2 Å². The third kappa shape index (κ3) is 3.82. The molecule has 2 aromatic heterocycles. The van der Waals surface area contributed by atoms with Gasteiger partial charge in [-0.3, -0.25) is 14.2 Å². The minimum atomic E-state index is -0.490. The first-order chi connectivity index (χ1) is 16.4. The zero-order chi connectivity index (χ0) is 25.3. The van der Waals surface area contributed by atoms with E-state index in [1.807, 2.05) is 71.1 Å². The Hall–Kier alpha value is -2.88. The van der Waals surface area contributed by atoms with Crippen molar-refractivity contribution < 1.29 is 14.1 Å². The van der Waals surface area contributed by atoms with Gasteiger partial charge in [-0.1, -0.05) is 29.8 Å². The summed E-state index contributed by atoms with van der Waals surface area (Å²) in [7, 11) is 4.92. The first-order valence-electron chi connectivity index (χ1n) is 11.6. The number of aromatic nitrogens is 4. The second-order valence-electron chi connectivity index (χ2n) is 10.2. The molecule has 2 aromatic carbocycles. The summed E-state index contributed by atoms with van der Waals surface area (Å²) < 4.78 is 15.8. The number of hydrogen-bond acceptors (Lipinski definition) is 5. The Morgan fingerprint density at radius 2 is 1.74 bits per heavy atom. The van der Waals surface area contributed by atoms with E-state index in [2.05, 4.69) is 10.2 Å². The maximum atomic E-state index is 13.5. The fraction of sp³-hybridized carbons (Fsp3) is 0.400. The summed E-state index contributed by atoms with van der Waals surface area (Å²) in [5, 5.41) is 11.5. The number of nitrogens with zero attached hydrogens (tertiary/aromatic N) is 5. The van der Waals surface area contributed by atoms with Crippen LogP contribution >= 0.6 is 11.6 Å². The molecule has 5 rings (SSSR count). The molecule has 0 saturated carbocycles. The number of carbonyl (C=O) groups excluding carboxylic acids is 1. The molecule has 35 heavy (non-hydrogen) atoms. The Bertz CT molecular complexity index is 1460. The van der Waals surface area contributed by atoms with Crippen LogP contribution in [0, 0.1) is 0 Å². The van der Waals surface area contributed by atoms with Crippen LogP contribution < -0.4 is 5.46 Å². The third-order valence-electron chi connectivity index (χ3n) is 7.22. The van der Waals surface area contributed by atoms with Gasteiger partial charge in [0.15, 0.2) is 0 Å². The van der Waals surface area contributed by atoms with Crippen LogP contribution in [0.3, 0.4) is 0 Å². The zero-order valence-electron chi connectivity index (χ0n) is 21.1. The summed E-state index contributed by atoms with van der Waals surface area (Å²) in [4.78, 5) is 15.2. The molecule has 1 fully saturated rings. The van der Waals surface area contributed by atoms with Gasteiger partial charge in [-0.15, -0.1) is 0 Å². The van der Waals surface area contributed by atoms with E-state index in [-0.39, 0.29) is 5.91 Å². The second kappa shape index (κ2) is 8.08. The molecule has 10 heteroatoms. The Kier molecular flexibility index (Phi) is 5.51. The van der Waals surface area contributed by atoms with Gasteiger partial charge in [0.25, 0.3) is 5.91 Å². The van der Waals surface area contributed by atoms with Crippen molar-refractivity contribution in [2.75, 3.05) is 7.05 Å². The van der Waals surface area contributed by atoms with Crippen LogP contribution in [0.25, 0.3) is 21.8 Å². The molecular weight excluding hydrogens is 465 g/mol. The lowest BCUT2D eigenvalue weighted by atomic mass is 9.79. The average Bonchev–Trinajstić information content (AvgIpc) is 3.35. The molecule has 0 unspecified atom stereocenters. The fourth-order valence-corrected chi connectivity index (χ4v) is 4.82. The number of rotatable bonds is 4. The van der Waals surface area contributed by atoms with Crippen molar-refractivity contribution in [3.05, 3.63) is 52.8 Å². The lowest BCUT2D eigenvalue weighted by Crippen LogP contribution is -2.41. The van der Waals surface area contributed by atoms with Crippen LogP contribution in [-0.2, 0) is 29.9 Å². The molecule has 0 atom stereocenters. The SMILES string of the molecule is CN(Cc1nn(C)c2cccc(Cl)c12)C(=O)c1c2ccc(B3OC(C)(C)C(C)(C)O3)cc2nn1C. The molecule has 0 aliphatic carbocycles. The van der Waals surface area contributed by atoms with Crippen LogP contribution in [-0.4, -0.2) is 55.7 Å². The van der Waals surface area contributed by atoms with Crippen molar-refractivity contribution in [1.82, 2.24) is 24.5 Å². The molecule has 0 N–H and O–H groups in total. The Labute approximate surface area is 209 Å². The Morgan fingerprint density at radius 3 is 2.43 bits per heavy atom. The Morgan fingerprint density at radius 1 is 1.06 bits per heavy atom. The molecule has 0 spiro atoms. The average molecular weight is 494 g/mol. The van der Waals surface area contributed by atoms with Crippen molar-refractivity contribution in [1.29, 1.82) is 0 Å². The standard InChI is InChI=1S/C25H29BClN5O3/c1-24(2)25(3,4)35-26(34-24)15-11-12-16-18(13-15)28-32(7)22(16)23(33)30(5)14-19-21-17(27)9-8-10-20(21)31(6)29-19/h8-13H,14H2,1-7H3. The predicted molar refractivity (Wildman–Crippen MR) is 138 cm³/mol. The molecule has 0 radical (unpaired) electrons. The zero-order valence-corrected chi connectivity index (χ0v) is 21.8. The summed E-state index contributed by atoms with van der Waals surface area (Å²) in [5.74, 6) is -0.149. The number of benzene rings is 2. The topological polar surface area (TPSA) is 74.4 Å². The van der Waals surface area contributed by atoms with Crippen LogP contribution in [0.1, 0.15) is 43.9 Å². The van der Waals surface area contributed by atoms with Crippen LogP contribution in [0.2, 0.25) is 5.02 Å². The normalized spacial score (nSPS) is 17.0. The second-order valence-corrected chi connectivity index (χ2v) is 10.6. The van der Waals surface area contributed by atoms with Gasteiger partial charge in [0, 0.05) is 31.9 Å². The van der Waals surface area contributed by atoms with E-state index >= 15 is 0 Å². The molecule has 3 heterocycles. The number of hydrogen-bond donors (Lipinski definition) is 0. The number of fused-ring (bicyclic) bond motifs is 2. The summed E-state index contributed by atoms with van der Waals surface area (Å²) in [6.07, 6.45) is 0. The first kappa shape index (κ1) is 23.8. The molecular formula is C25H29BClN5O3. The van der Waals surface area contributed by atoms with Gasteiger partial charge < -0.3 is 14.2 Å². The van der Waals surface area contributed by atoms with E-state index in [1.165, 1.54) is 0 Å². The highest BCUT2D eigenvalue weighted by Gasteiger charge is 2.51. The predicted octanol–water partition coefficient (Wildman–Crippen LogP) is 3.68. The van der Waals surface area contributed by atoms with E-state index in [1.54, 1.807) is 28.4 Å². The number of aryl methyl sites for hydroxylation is 2. The molecule has 8 nitrogen and oxygen atoms in total. The maximum Gasteiger partial charge on any atom is 0.494 e. The van der Waals surface area contributed by atoms with Crippen molar-refractivity contribution >= 4 is 51.9 Å². The lowest BCUT2D eigenvalue weighted by molar-refractivity contribution is 0.00578. The quantitative estimate of drug-likeness (QED) is 0.405. The molecule has 182 valence electrons. The largest absolute Gasteiger partial charge is 0.494 e. The summed E-state index contributed by atoms with van der Waals surface area (Å²) in [5.41, 5.74) is 2.90. The van der Waals surface area contributed by atoms with Gasteiger partial charge in [-0.25, -0.2) is 0 Å². The number of halogens is 1. The Balaban J connectivity index is 1.44. The van der Waals surface area contributed by atoms with E-state index < -0.39 is 18.3 Å². The smallest absolute Gasteiger partial charge is 0.399 e. The van der Waals surface area contributed by atoms with Crippen molar-refractivity contribution in [2.24, 2.45) is 14.1 Å². The monoisotopic (exact) mass is 493 g/mol. The van der Waals surface area contributed by atoms with Crippen molar-refractivity contribution in [3.8, 4) is 0 Å². The highest BCUT2D eigenvalue weighted by molar-refractivity contribution is 6.62. The van der Waals surface area contributed by atoms with Gasteiger partial charge in [0.2, 0.25) is 0 Å². The molecule has 1 aliphatic heterocycles. The molecule has 1 aliphatic rings. The molecule has 4 aromatic rings. The third-order valence-corrected chi connectivity index (χ3v) is 7.53. The van der Waals surface area contributed by atoms with E-state index in [4.69, 9.17) is 20.9 Å². The first-order valence-corrected chi connectivity index (χ1v) is 12.0. The summed E-state index contributed by atoms with van der Waals surface area (Å²) >= 11 is 6.45. The van der Waals surface area contributed by atoms with Crippen LogP contribution in [0.5, 0.6) is 0 Å². The number of amides is 1.